The van der Waals surface area contributed by atoms with Crippen LogP contribution in [0.2, 0.25) is 0 Å². The maximum Gasteiger partial charge on any atom is 0.168 e. The van der Waals surface area contributed by atoms with Crippen LogP contribution in [-0.2, 0) is 0 Å². The summed E-state index contributed by atoms with van der Waals surface area (Å²) in [5.41, 5.74) is 1.48. The first-order valence-electron chi connectivity index (χ1n) is 4.52. The van der Waals surface area contributed by atoms with E-state index in [1.54, 1.807) is 0 Å². The number of hydrogen-bond acceptors (Lipinski definition) is 3. The molecule has 4 heteroatoms. The third-order valence-electron chi connectivity index (χ3n) is 2.33. The molecule has 0 N–H and O–H groups in total. The number of aliphatic imine (C=N–C) groups is 1. The van der Waals surface area contributed by atoms with Gasteiger partial charge in [-0.3, -0.25) is 4.99 Å². The minimum absolute atomic E-state index is 0. The van der Waals surface area contributed by atoms with E-state index in [4.69, 9.17) is 0 Å². The van der Waals surface area contributed by atoms with E-state index in [-0.39, 0.29) is 17.0 Å². The summed E-state index contributed by atoms with van der Waals surface area (Å²) in [6, 6.07) is 0. The van der Waals surface area contributed by atoms with Crippen molar-refractivity contribution in [3.63, 3.8) is 0 Å². The van der Waals surface area contributed by atoms with Crippen molar-refractivity contribution in [2.24, 2.45) is 4.99 Å². The molecule has 0 radical (unpaired) electrons. The van der Waals surface area contributed by atoms with Crippen molar-refractivity contribution in [2.45, 2.75) is 26.7 Å². The van der Waals surface area contributed by atoms with Gasteiger partial charge in [-0.25, -0.2) is 0 Å². The summed E-state index contributed by atoms with van der Waals surface area (Å²) in [7, 11) is 0. The zero-order valence-corrected chi connectivity index (χ0v) is 10.6. The topological polar surface area (TPSA) is 15.6 Å². The van der Waals surface area contributed by atoms with Gasteiger partial charge in [-0.2, -0.15) is 0 Å². The highest BCUT2D eigenvalue weighted by atomic mass is 79.9. The third-order valence-corrected chi connectivity index (χ3v) is 3.40. The van der Waals surface area contributed by atoms with Crippen LogP contribution < -0.4 is 0 Å². The van der Waals surface area contributed by atoms with Gasteiger partial charge in [0, 0.05) is 23.7 Å². The maximum absolute atomic E-state index is 4.50. The van der Waals surface area contributed by atoms with Gasteiger partial charge in [0.2, 0.25) is 0 Å². The molecule has 13 heavy (non-hydrogen) atoms. The predicted molar refractivity (Wildman–Crippen MR) is 64.5 cm³/mol. The smallest absolute Gasteiger partial charge is 0.168 e. The molecule has 0 saturated heterocycles. The summed E-state index contributed by atoms with van der Waals surface area (Å²) >= 11 is 1.84. The van der Waals surface area contributed by atoms with E-state index < -0.39 is 0 Å². The summed E-state index contributed by atoms with van der Waals surface area (Å²) < 4.78 is 0. The molecule has 2 heterocycles. The van der Waals surface area contributed by atoms with Crippen molar-refractivity contribution >= 4 is 33.9 Å². The molecule has 2 rings (SSSR count). The average Bonchev–Trinajstić information content (AvgIpc) is 2.40. The van der Waals surface area contributed by atoms with Crippen LogP contribution in [0, 0.1) is 0 Å². The molecule has 0 spiro atoms. The number of rotatable bonds is 1. The number of amidine groups is 1. The molecule has 0 aliphatic carbocycles. The molecule has 0 unspecified atom stereocenters. The summed E-state index contributed by atoms with van der Waals surface area (Å²) in [4.78, 5) is 8.33. The highest BCUT2D eigenvalue weighted by Crippen LogP contribution is 2.36. The molecule has 0 atom stereocenters. The number of fused-ring (bicyclic) bond motifs is 1. The van der Waals surface area contributed by atoms with Crippen LogP contribution in [0.15, 0.2) is 15.6 Å². The average molecular weight is 263 g/mol. The Hall–Kier alpha value is 0.0400. The molecule has 0 aromatic rings. The second-order valence-electron chi connectivity index (χ2n) is 3.13. The molecule has 74 valence electrons. The van der Waals surface area contributed by atoms with Gasteiger partial charge in [-0.1, -0.05) is 18.7 Å². The lowest BCUT2D eigenvalue weighted by Crippen LogP contribution is -2.29. The van der Waals surface area contributed by atoms with E-state index in [1.165, 1.54) is 28.7 Å². The first-order valence-corrected chi connectivity index (χ1v) is 5.34. The van der Waals surface area contributed by atoms with E-state index in [0.29, 0.717) is 0 Å². The first-order chi connectivity index (χ1) is 5.83. The van der Waals surface area contributed by atoms with Crippen LogP contribution in [0.1, 0.15) is 26.7 Å². The molecule has 0 aromatic carbocycles. The number of hydrogen-bond donors (Lipinski definition) is 0. The Morgan fingerprint density at radius 2 is 2.31 bits per heavy atom. The van der Waals surface area contributed by atoms with Gasteiger partial charge in [-0.05, 0) is 19.8 Å². The Morgan fingerprint density at radius 1 is 1.54 bits per heavy atom. The van der Waals surface area contributed by atoms with Crippen LogP contribution in [0.4, 0.5) is 0 Å². The van der Waals surface area contributed by atoms with E-state index in [9.17, 15) is 0 Å². The number of thioether (sulfide) groups is 1. The van der Waals surface area contributed by atoms with E-state index >= 15 is 0 Å². The van der Waals surface area contributed by atoms with E-state index in [1.807, 2.05) is 11.8 Å². The van der Waals surface area contributed by atoms with Gasteiger partial charge < -0.3 is 4.90 Å². The molecule has 2 nitrogen and oxygen atoms in total. The Balaban J connectivity index is 0.000000845. The molecule has 0 aromatic heterocycles. The van der Waals surface area contributed by atoms with Gasteiger partial charge in [0.1, 0.15) is 0 Å². The SMILES string of the molecule is Br.CCC1=C(C)SC2=NCCCN21. The highest BCUT2D eigenvalue weighted by Gasteiger charge is 2.26. The Labute approximate surface area is 94.2 Å². The quantitative estimate of drug-likeness (QED) is 0.722. The minimum atomic E-state index is 0. The van der Waals surface area contributed by atoms with Gasteiger partial charge in [0.25, 0.3) is 0 Å². The van der Waals surface area contributed by atoms with E-state index in [0.717, 1.165) is 13.0 Å². The fourth-order valence-corrected chi connectivity index (χ4v) is 2.86. The normalized spacial score (nSPS) is 21.1. The second-order valence-corrected chi connectivity index (χ2v) is 4.31. The Morgan fingerprint density at radius 3 is 3.00 bits per heavy atom. The molecule has 0 saturated carbocycles. The van der Waals surface area contributed by atoms with Crippen molar-refractivity contribution in [1.82, 2.24) is 4.90 Å². The zero-order valence-electron chi connectivity index (χ0n) is 8.04. The van der Waals surface area contributed by atoms with Gasteiger partial charge in [0.15, 0.2) is 5.17 Å². The Bertz CT molecular complexity index is 260. The molecular weight excluding hydrogens is 248 g/mol. The van der Waals surface area contributed by atoms with Gasteiger partial charge >= 0.3 is 0 Å². The molecule has 0 fully saturated rings. The molecule has 2 aliphatic rings. The monoisotopic (exact) mass is 262 g/mol. The predicted octanol–water partition coefficient (Wildman–Crippen LogP) is 3.01. The van der Waals surface area contributed by atoms with Crippen LogP contribution in [0.25, 0.3) is 0 Å². The minimum Gasteiger partial charge on any atom is -0.324 e. The lowest BCUT2D eigenvalue weighted by atomic mass is 10.2. The van der Waals surface area contributed by atoms with Crippen LogP contribution >= 0.6 is 28.7 Å². The van der Waals surface area contributed by atoms with Crippen LogP contribution in [0.5, 0.6) is 0 Å². The van der Waals surface area contributed by atoms with Gasteiger partial charge in [-0.15, -0.1) is 17.0 Å². The van der Waals surface area contributed by atoms with Crippen molar-refractivity contribution in [3.05, 3.63) is 10.6 Å². The molecule has 0 amide bonds. The van der Waals surface area contributed by atoms with Crippen molar-refractivity contribution < 1.29 is 0 Å². The van der Waals surface area contributed by atoms with Crippen molar-refractivity contribution in [1.29, 1.82) is 0 Å². The fraction of sp³-hybridized carbons (Fsp3) is 0.667. The number of nitrogens with zero attached hydrogens (tertiary/aromatic N) is 2. The summed E-state index contributed by atoms with van der Waals surface area (Å²) in [5, 5.41) is 1.23. The third kappa shape index (κ3) is 1.94. The lowest BCUT2D eigenvalue weighted by molar-refractivity contribution is 0.473. The summed E-state index contributed by atoms with van der Waals surface area (Å²) in [6.07, 6.45) is 2.35. The molecular formula is C9H15BrN2S. The van der Waals surface area contributed by atoms with E-state index in [2.05, 4.69) is 23.7 Å². The van der Waals surface area contributed by atoms with Crippen LogP contribution in [-0.4, -0.2) is 23.2 Å². The van der Waals surface area contributed by atoms with Crippen molar-refractivity contribution in [3.8, 4) is 0 Å². The van der Waals surface area contributed by atoms with Crippen molar-refractivity contribution in [2.75, 3.05) is 13.1 Å². The first kappa shape index (κ1) is 11.1. The Kier molecular flexibility index (Phi) is 3.86. The fourth-order valence-electron chi connectivity index (χ4n) is 1.75. The zero-order chi connectivity index (χ0) is 8.55. The van der Waals surface area contributed by atoms with Gasteiger partial charge in [0.05, 0.1) is 0 Å². The second kappa shape index (κ2) is 4.51. The summed E-state index contributed by atoms with van der Waals surface area (Å²) in [5.74, 6) is 0. The molecule has 0 bridgehead atoms. The van der Waals surface area contributed by atoms with Crippen LogP contribution in [0.3, 0.4) is 0 Å². The largest absolute Gasteiger partial charge is 0.324 e. The highest BCUT2D eigenvalue weighted by molar-refractivity contribution is 8.93. The number of halogens is 1. The molecule has 2 aliphatic heterocycles. The maximum atomic E-state index is 4.50. The number of allylic oxidation sites excluding steroid dienone is 2. The summed E-state index contributed by atoms with van der Waals surface area (Å²) in [6.45, 7) is 6.61. The lowest BCUT2D eigenvalue weighted by Gasteiger charge is -2.24. The standard InChI is InChI=1S/C9H14N2S.BrH/c1-3-8-7(2)12-9-10-5-4-6-11(8)9;/h3-6H2,1-2H3;1H.